The standard InChI is InChI=1S/C14H17N3O/c1-3-18-13-7-5-4-6-12(13)14(15-2)11-8-9-16-17-10-11/h4-10,14-15H,3H2,1-2H3. The maximum Gasteiger partial charge on any atom is 0.124 e. The number of ether oxygens (including phenoxy) is 1. The summed E-state index contributed by atoms with van der Waals surface area (Å²) in [6, 6.07) is 10.0. The molecular formula is C14H17N3O. The zero-order valence-electron chi connectivity index (χ0n) is 10.6. The molecule has 1 aromatic carbocycles. The first-order chi connectivity index (χ1) is 8.86. The van der Waals surface area contributed by atoms with E-state index in [2.05, 4.69) is 21.6 Å². The normalized spacial score (nSPS) is 12.1. The van der Waals surface area contributed by atoms with Gasteiger partial charge in [0.05, 0.1) is 18.8 Å². The van der Waals surface area contributed by atoms with Crippen molar-refractivity contribution >= 4 is 0 Å². The molecule has 0 aliphatic heterocycles. The van der Waals surface area contributed by atoms with Crippen molar-refractivity contribution < 1.29 is 4.74 Å². The van der Waals surface area contributed by atoms with Crippen molar-refractivity contribution in [2.75, 3.05) is 13.7 Å². The molecule has 0 fully saturated rings. The number of rotatable bonds is 5. The van der Waals surface area contributed by atoms with Gasteiger partial charge < -0.3 is 10.1 Å². The van der Waals surface area contributed by atoms with E-state index in [0.717, 1.165) is 16.9 Å². The molecule has 4 heteroatoms. The summed E-state index contributed by atoms with van der Waals surface area (Å²) in [7, 11) is 1.92. The van der Waals surface area contributed by atoms with Crippen LogP contribution in [0, 0.1) is 0 Å². The Labute approximate surface area is 107 Å². The minimum atomic E-state index is 0.0586. The van der Waals surface area contributed by atoms with Gasteiger partial charge in [0.15, 0.2) is 0 Å². The van der Waals surface area contributed by atoms with Gasteiger partial charge in [0, 0.05) is 11.8 Å². The number of benzene rings is 1. The van der Waals surface area contributed by atoms with Crippen LogP contribution in [0.5, 0.6) is 5.75 Å². The Morgan fingerprint density at radius 3 is 2.72 bits per heavy atom. The second-order valence-electron chi connectivity index (χ2n) is 3.87. The highest BCUT2D eigenvalue weighted by molar-refractivity contribution is 5.40. The van der Waals surface area contributed by atoms with Crippen molar-refractivity contribution in [3.63, 3.8) is 0 Å². The van der Waals surface area contributed by atoms with Gasteiger partial charge in [-0.2, -0.15) is 10.2 Å². The number of para-hydroxylation sites is 1. The van der Waals surface area contributed by atoms with Crippen LogP contribution in [0.4, 0.5) is 0 Å². The van der Waals surface area contributed by atoms with Crippen LogP contribution in [0.15, 0.2) is 42.7 Å². The number of hydrogen-bond acceptors (Lipinski definition) is 4. The summed E-state index contributed by atoms with van der Waals surface area (Å²) in [4.78, 5) is 0. The first-order valence-corrected chi connectivity index (χ1v) is 6.02. The van der Waals surface area contributed by atoms with Crippen LogP contribution in [-0.4, -0.2) is 23.9 Å². The fourth-order valence-corrected chi connectivity index (χ4v) is 1.98. The molecule has 1 N–H and O–H groups in total. The lowest BCUT2D eigenvalue weighted by molar-refractivity contribution is 0.334. The Morgan fingerprint density at radius 1 is 1.22 bits per heavy atom. The third-order valence-corrected chi connectivity index (χ3v) is 2.76. The Kier molecular flexibility index (Phi) is 4.25. The molecule has 4 nitrogen and oxygen atoms in total. The van der Waals surface area contributed by atoms with E-state index >= 15 is 0 Å². The van der Waals surface area contributed by atoms with Gasteiger partial charge in [-0.25, -0.2) is 0 Å². The van der Waals surface area contributed by atoms with E-state index in [-0.39, 0.29) is 6.04 Å². The Hall–Kier alpha value is -1.94. The average Bonchev–Trinajstić information content (AvgIpc) is 2.43. The Bertz CT molecular complexity index is 487. The minimum Gasteiger partial charge on any atom is -0.494 e. The van der Waals surface area contributed by atoms with Crippen molar-refractivity contribution in [1.29, 1.82) is 0 Å². The van der Waals surface area contributed by atoms with Crippen LogP contribution in [0.25, 0.3) is 0 Å². The van der Waals surface area contributed by atoms with Crippen LogP contribution in [0.3, 0.4) is 0 Å². The largest absolute Gasteiger partial charge is 0.494 e. The van der Waals surface area contributed by atoms with Crippen LogP contribution < -0.4 is 10.1 Å². The molecule has 2 aromatic rings. The monoisotopic (exact) mass is 243 g/mol. The highest BCUT2D eigenvalue weighted by Crippen LogP contribution is 2.29. The van der Waals surface area contributed by atoms with Gasteiger partial charge in [-0.1, -0.05) is 18.2 Å². The second kappa shape index (κ2) is 6.12. The lowest BCUT2D eigenvalue weighted by atomic mass is 10.00. The molecular weight excluding hydrogens is 226 g/mol. The van der Waals surface area contributed by atoms with E-state index in [1.165, 1.54) is 0 Å². The lowest BCUT2D eigenvalue weighted by Gasteiger charge is -2.19. The molecule has 0 bridgehead atoms. The van der Waals surface area contributed by atoms with E-state index in [1.807, 2.05) is 38.2 Å². The highest BCUT2D eigenvalue weighted by Gasteiger charge is 2.16. The third kappa shape index (κ3) is 2.65. The van der Waals surface area contributed by atoms with Crippen molar-refractivity contribution in [2.45, 2.75) is 13.0 Å². The molecule has 18 heavy (non-hydrogen) atoms. The van der Waals surface area contributed by atoms with Gasteiger partial charge in [0.1, 0.15) is 5.75 Å². The van der Waals surface area contributed by atoms with Gasteiger partial charge in [-0.15, -0.1) is 0 Å². The zero-order valence-corrected chi connectivity index (χ0v) is 10.6. The predicted octanol–water partition coefficient (Wildman–Crippen LogP) is 2.18. The van der Waals surface area contributed by atoms with E-state index in [0.29, 0.717) is 6.61 Å². The number of nitrogens with one attached hydrogen (secondary N) is 1. The zero-order chi connectivity index (χ0) is 12.8. The molecule has 0 saturated carbocycles. The summed E-state index contributed by atoms with van der Waals surface area (Å²) >= 11 is 0. The minimum absolute atomic E-state index is 0.0586. The molecule has 1 heterocycles. The maximum absolute atomic E-state index is 5.67. The van der Waals surface area contributed by atoms with Gasteiger partial charge in [-0.05, 0) is 31.7 Å². The predicted molar refractivity (Wildman–Crippen MR) is 70.5 cm³/mol. The van der Waals surface area contributed by atoms with Crippen LogP contribution in [0.1, 0.15) is 24.1 Å². The first kappa shape index (κ1) is 12.5. The third-order valence-electron chi connectivity index (χ3n) is 2.76. The summed E-state index contributed by atoms with van der Waals surface area (Å²) in [6.45, 7) is 2.64. The highest BCUT2D eigenvalue weighted by atomic mass is 16.5. The van der Waals surface area contributed by atoms with E-state index in [9.17, 15) is 0 Å². The van der Waals surface area contributed by atoms with Crippen LogP contribution in [-0.2, 0) is 0 Å². The van der Waals surface area contributed by atoms with Gasteiger partial charge >= 0.3 is 0 Å². The van der Waals surface area contributed by atoms with Gasteiger partial charge in [0.2, 0.25) is 0 Å². The van der Waals surface area contributed by atoms with Gasteiger partial charge in [-0.3, -0.25) is 0 Å². The smallest absolute Gasteiger partial charge is 0.124 e. The molecule has 1 atom stereocenters. The summed E-state index contributed by atoms with van der Waals surface area (Å²) in [5.74, 6) is 0.899. The van der Waals surface area contributed by atoms with E-state index in [1.54, 1.807) is 12.4 Å². The number of aromatic nitrogens is 2. The molecule has 2 rings (SSSR count). The molecule has 0 saturated heterocycles. The second-order valence-corrected chi connectivity index (χ2v) is 3.87. The fourth-order valence-electron chi connectivity index (χ4n) is 1.98. The van der Waals surface area contributed by atoms with Crippen molar-refractivity contribution in [3.8, 4) is 5.75 Å². The van der Waals surface area contributed by atoms with Crippen molar-refractivity contribution in [2.24, 2.45) is 0 Å². The molecule has 1 aromatic heterocycles. The van der Waals surface area contributed by atoms with Gasteiger partial charge in [0.25, 0.3) is 0 Å². The molecule has 0 aliphatic carbocycles. The maximum atomic E-state index is 5.67. The van der Waals surface area contributed by atoms with Crippen molar-refractivity contribution in [3.05, 3.63) is 53.9 Å². The van der Waals surface area contributed by atoms with E-state index in [4.69, 9.17) is 4.74 Å². The summed E-state index contributed by atoms with van der Waals surface area (Å²) in [5, 5.41) is 11.0. The van der Waals surface area contributed by atoms with Crippen LogP contribution >= 0.6 is 0 Å². The Balaban J connectivity index is 2.39. The SMILES string of the molecule is CCOc1ccccc1C(NC)c1ccnnc1. The van der Waals surface area contributed by atoms with Crippen molar-refractivity contribution in [1.82, 2.24) is 15.5 Å². The molecule has 94 valence electrons. The summed E-state index contributed by atoms with van der Waals surface area (Å²) < 4.78 is 5.67. The van der Waals surface area contributed by atoms with E-state index < -0.39 is 0 Å². The lowest BCUT2D eigenvalue weighted by Crippen LogP contribution is -2.19. The Morgan fingerprint density at radius 2 is 2.06 bits per heavy atom. The quantitative estimate of drug-likeness (QED) is 0.874. The molecule has 1 unspecified atom stereocenters. The number of nitrogens with zero attached hydrogens (tertiary/aromatic N) is 2. The molecule has 0 radical (unpaired) electrons. The first-order valence-electron chi connectivity index (χ1n) is 6.02. The molecule has 0 spiro atoms. The topological polar surface area (TPSA) is 47.0 Å². The average molecular weight is 243 g/mol. The number of hydrogen-bond donors (Lipinski definition) is 1. The molecule has 0 amide bonds. The van der Waals surface area contributed by atoms with Crippen LogP contribution in [0.2, 0.25) is 0 Å². The summed E-state index contributed by atoms with van der Waals surface area (Å²) in [6.07, 6.45) is 3.47. The fraction of sp³-hybridized carbons (Fsp3) is 0.286. The molecule has 0 aliphatic rings. The summed E-state index contributed by atoms with van der Waals surface area (Å²) in [5.41, 5.74) is 2.18.